The number of carbonyl (C=O) groups is 1. The van der Waals surface area contributed by atoms with Gasteiger partial charge in [-0.3, -0.25) is 9.36 Å². The first kappa shape index (κ1) is 26.0. The lowest BCUT2D eigenvalue weighted by atomic mass is 9.97. The highest BCUT2D eigenvalue weighted by molar-refractivity contribution is 7.10. The van der Waals surface area contributed by atoms with Crippen molar-refractivity contribution in [1.29, 1.82) is 0 Å². The molecule has 40 heavy (non-hydrogen) atoms. The van der Waals surface area contributed by atoms with Crippen molar-refractivity contribution in [2.45, 2.75) is 26.8 Å². The Labute approximate surface area is 239 Å². The molecule has 6 nitrogen and oxygen atoms in total. The van der Waals surface area contributed by atoms with Gasteiger partial charge in [0.15, 0.2) is 4.80 Å². The number of thiazole rings is 1. The highest BCUT2D eigenvalue weighted by atomic mass is 32.1. The minimum Gasteiger partial charge on any atom is -0.463 e. The van der Waals surface area contributed by atoms with Gasteiger partial charge >= 0.3 is 5.97 Å². The highest BCUT2D eigenvalue weighted by Crippen LogP contribution is 2.36. The van der Waals surface area contributed by atoms with Gasteiger partial charge in [0.25, 0.3) is 5.56 Å². The molecule has 0 unspecified atom stereocenters. The number of fused-ring (bicyclic) bond motifs is 1. The second-order valence-electron chi connectivity index (χ2n) is 9.44. The predicted molar refractivity (Wildman–Crippen MR) is 161 cm³/mol. The van der Waals surface area contributed by atoms with E-state index >= 15 is 0 Å². The maximum Gasteiger partial charge on any atom is 0.338 e. The quantitative estimate of drug-likeness (QED) is 0.259. The minimum atomic E-state index is -0.635. The third kappa shape index (κ3) is 4.49. The number of esters is 1. The van der Waals surface area contributed by atoms with Crippen LogP contribution in [0, 0.1) is 13.8 Å². The summed E-state index contributed by atoms with van der Waals surface area (Å²) >= 11 is 2.84. The normalized spacial score (nSPS) is 15.2. The van der Waals surface area contributed by atoms with Gasteiger partial charge in [0.1, 0.15) is 6.04 Å². The molecule has 0 spiro atoms. The molecule has 0 aliphatic carbocycles. The summed E-state index contributed by atoms with van der Waals surface area (Å²) in [5, 5.41) is 1.95. The van der Waals surface area contributed by atoms with E-state index in [-0.39, 0.29) is 12.2 Å². The molecule has 1 aliphatic heterocycles. The molecular formula is C32H27N3O3S2. The average Bonchev–Trinajstić information content (AvgIpc) is 3.68. The van der Waals surface area contributed by atoms with Crippen LogP contribution in [0.2, 0.25) is 0 Å². The molecule has 0 saturated carbocycles. The first-order valence-corrected chi connectivity index (χ1v) is 14.7. The number of rotatable bonds is 6. The van der Waals surface area contributed by atoms with Crippen molar-refractivity contribution < 1.29 is 9.53 Å². The number of nitrogens with zero attached hydrogens (tertiary/aromatic N) is 3. The monoisotopic (exact) mass is 565 g/mol. The van der Waals surface area contributed by atoms with E-state index < -0.39 is 12.0 Å². The van der Waals surface area contributed by atoms with Crippen LogP contribution in [0.1, 0.15) is 40.4 Å². The summed E-state index contributed by atoms with van der Waals surface area (Å²) in [4.78, 5) is 33.9. The summed E-state index contributed by atoms with van der Waals surface area (Å²) in [6.07, 6.45) is 1.94. The molecule has 0 fully saturated rings. The molecule has 0 radical (unpaired) electrons. The fourth-order valence-electron chi connectivity index (χ4n) is 5.21. The van der Waals surface area contributed by atoms with E-state index in [0.29, 0.717) is 20.6 Å². The van der Waals surface area contributed by atoms with Crippen LogP contribution in [-0.2, 0) is 9.53 Å². The van der Waals surface area contributed by atoms with Gasteiger partial charge < -0.3 is 9.30 Å². The maximum absolute atomic E-state index is 14.1. The summed E-state index contributed by atoms with van der Waals surface area (Å²) in [6.45, 7) is 6.13. The van der Waals surface area contributed by atoms with Crippen molar-refractivity contribution in [2.24, 2.45) is 4.99 Å². The Morgan fingerprint density at radius 2 is 1.75 bits per heavy atom. The Morgan fingerprint density at radius 1 is 1.02 bits per heavy atom. The third-order valence-corrected chi connectivity index (χ3v) is 8.87. The van der Waals surface area contributed by atoms with Gasteiger partial charge in [-0.05, 0) is 62.1 Å². The van der Waals surface area contributed by atoms with Crippen molar-refractivity contribution in [1.82, 2.24) is 9.13 Å². The van der Waals surface area contributed by atoms with Crippen LogP contribution in [0.5, 0.6) is 0 Å². The largest absolute Gasteiger partial charge is 0.463 e. The SMILES string of the molecule is CCOC(=O)C1=C(c2ccccc2)N=c2s/c(=C\c3cc(C)n(-c4ccccc4)c3C)c(=O)n2[C@H]1c1cccs1. The predicted octanol–water partition coefficient (Wildman–Crippen LogP) is 5.40. The van der Waals surface area contributed by atoms with Crippen LogP contribution in [0.4, 0.5) is 0 Å². The lowest BCUT2D eigenvalue weighted by molar-refractivity contribution is -0.138. The molecule has 0 bridgehead atoms. The van der Waals surface area contributed by atoms with E-state index in [0.717, 1.165) is 33.1 Å². The molecule has 8 heteroatoms. The molecule has 0 saturated heterocycles. The molecule has 3 aromatic heterocycles. The van der Waals surface area contributed by atoms with E-state index in [4.69, 9.17) is 9.73 Å². The van der Waals surface area contributed by atoms with Gasteiger partial charge in [-0.1, -0.05) is 65.9 Å². The maximum atomic E-state index is 14.1. The summed E-state index contributed by atoms with van der Waals surface area (Å²) in [5.41, 5.74) is 5.69. The Kier molecular flexibility index (Phi) is 6.96. The summed E-state index contributed by atoms with van der Waals surface area (Å²) < 4.78 is 9.91. The van der Waals surface area contributed by atoms with Crippen LogP contribution in [0.15, 0.2) is 99.6 Å². The molecule has 5 aromatic rings. The molecule has 0 N–H and O–H groups in total. The standard InChI is InChI=1S/C32H27N3O3S2/c1-4-38-31(37)27-28(22-12-7-5-8-13-22)33-32-35(29(27)25-16-11-17-39-25)30(36)26(40-32)19-23-18-20(2)34(21(23)3)24-14-9-6-10-15-24/h5-19,29H,4H2,1-3H3/b26-19-/t29-/m0/s1. The van der Waals surface area contributed by atoms with Crippen LogP contribution >= 0.6 is 22.7 Å². The number of benzene rings is 2. The number of ether oxygens (including phenoxy) is 1. The minimum absolute atomic E-state index is 0.180. The van der Waals surface area contributed by atoms with Crippen LogP contribution < -0.4 is 14.9 Å². The molecular weight excluding hydrogens is 539 g/mol. The molecule has 1 atom stereocenters. The Morgan fingerprint density at radius 3 is 2.42 bits per heavy atom. The number of thiophene rings is 1. The van der Waals surface area contributed by atoms with Crippen molar-refractivity contribution in [3.8, 4) is 5.69 Å². The van der Waals surface area contributed by atoms with E-state index in [9.17, 15) is 9.59 Å². The summed E-state index contributed by atoms with van der Waals surface area (Å²) in [5.74, 6) is -0.468. The number of hydrogen-bond acceptors (Lipinski definition) is 6. The summed E-state index contributed by atoms with van der Waals surface area (Å²) in [7, 11) is 0. The Bertz CT molecular complexity index is 1910. The van der Waals surface area contributed by atoms with Crippen molar-refractivity contribution >= 4 is 40.4 Å². The van der Waals surface area contributed by atoms with Crippen LogP contribution in [-0.4, -0.2) is 21.7 Å². The van der Waals surface area contributed by atoms with E-state index in [1.54, 1.807) is 11.5 Å². The molecule has 2 aromatic carbocycles. The zero-order valence-corrected chi connectivity index (χ0v) is 24.0. The van der Waals surface area contributed by atoms with Crippen LogP contribution in [0.3, 0.4) is 0 Å². The van der Waals surface area contributed by atoms with E-state index in [1.807, 2.05) is 72.1 Å². The molecule has 0 amide bonds. The lowest BCUT2D eigenvalue weighted by Crippen LogP contribution is -2.39. The van der Waals surface area contributed by atoms with Gasteiger partial charge in [-0.2, -0.15) is 0 Å². The third-order valence-electron chi connectivity index (χ3n) is 6.96. The van der Waals surface area contributed by atoms with Gasteiger partial charge in [-0.25, -0.2) is 9.79 Å². The topological polar surface area (TPSA) is 65.6 Å². The van der Waals surface area contributed by atoms with Crippen molar-refractivity contribution in [3.63, 3.8) is 0 Å². The summed E-state index contributed by atoms with van der Waals surface area (Å²) in [6, 6.07) is 25.1. The zero-order chi connectivity index (χ0) is 27.8. The number of hydrogen-bond donors (Lipinski definition) is 0. The lowest BCUT2D eigenvalue weighted by Gasteiger charge is -2.24. The smallest absolute Gasteiger partial charge is 0.338 e. The van der Waals surface area contributed by atoms with Crippen LogP contribution in [0.25, 0.3) is 17.5 Å². The van der Waals surface area contributed by atoms with Gasteiger partial charge in [0.05, 0.1) is 22.4 Å². The molecule has 4 heterocycles. The first-order chi connectivity index (χ1) is 19.5. The molecule has 1 aliphatic rings. The highest BCUT2D eigenvalue weighted by Gasteiger charge is 2.35. The van der Waals surface area contributed by atoms with Crippen molar-refractivity contribution in [3.05, 3.63) is 137 Å². The second-order valence-corrected chi connectivity index (χ2v) is 11.4. The van der Waals surface area contributed by atoms with Crippen molar-refractivity contribution in [2.75, 3.05) is 6.61 Å². The molecule has 6 rings (SSSR count). The Balaban J connectivity index is 1.59. The number of aryl methyl sites for hydroxylation is 1. The van der Waals surface area contributed by atoms with E-state index in [2.05, 4.69) is 36.6 Å². The van der Waals surface area contributed by atoms with Gasteiger partial charge in [0.2, 0.25) is 0 Å². The zero-order valence-electron chi connectivity index (χ0n) is 22.3. The Hall–Kier alpha value is -4.27. The van der Waals surface area contributed by atoms with Gasteiger partial charge in [-0.15, -0.1) is 11.3 Å². The van der Waals surface area contributed by atoms with E-state index in [1.165, 1.54) is 22.7 Å². The fourth-order valence-corrected chi connectivity index (χ4v) is 7.02. The average molecular weight is 566 g/mol. The van der Waals surface area contributed by atoms with Gasteiger partial charge in [0, 0.05) is 27.5 Å². The number of para-hydroxylation sites is 1. The second kappa shape index (κ2) is 10.7. The fraction of sp³-hybridized carbons (Fsp3) is 0.156. The first-order valence-electron chi connectivity index (χ1n) is 13.0. The number of carbonyl (C=O) groups excluding carboxylic acids is 1. The molecule has 200 valence electrons. The number of aromatic nitrogens is 2.